The maximum absolute atomic E-state index is 12.5. The van der Waals surface area contributed by atoms with Gasteiger partial charge < -0.3 is 4.74 Å². The van der Waals surface area contributed by atoms with E-state index in [1.54, 1.807) is 5.48 Å². The van der Waals surface area contributed by atoms with Gasteiger partial charge in [-0.15, -0.1) is 0 Å². The minimum atomic E-state index is -0.378. The third kappa shape index (κ3) is 5.01. The number of rotatable bonds is 8. The lowest BCUT2D eigenvalue weighted by Gasteiger charge is -2.57. The van der Waals surface area contributed by atoms with E-state index in [2.05, 4.69) is 43.1 Å². The molecule has 0 unspecified atom stereocenters. The summed E-state index contributed by atoms with van der Waals surface area (Å²) in [5.41, 5.74) is 6.43. The SMILES string of the molecule is C[C@]12CC[C@H](OC(=O)CCCCCC(=O)NO)CC1=CC[C@@H]1[C@@H]2CC[C@]2(C)C(c3cccnc3)=CC[C@@H]12. The first kappa shape index (κ1) is 26.1. The van der Waals surface area contributed by atoms with Crippen LogP contribution in [0.3, 0.4) is 0 Å². The van der Waals surface area contributed by atoms with Crippen molar-refractivity contribution in [2.45, 2.75) is 97.0 Å². The van der Waals surface area contributed by atoms with E-state index in [-0.39, 0.29) is 35.2 Å². The minimum Gasteiger partial charge on any atom is -0.462 e. The van der Waals surface area contributed by atoms with Gasteiger partial charge in [0.25, 0.3) is 0 Å². The molecule has 4 aliphatic carbocycles. The fourth-order valence-electron chi connectivity index (χ4n) is 8.30. The number of fused-ring (bicyclic) bond motifs is 5. The first-order valence-corrected chi connectivity index (χ1v) is 14.3. The number of nitrogens with zero attached hydrogens (tertiary/aromatic N) is 1. The standard InChI is InChI=1S/C31H42N2O4/c1-30-16-14-23(37-29(35)9-5-3-4-8-28(34)33-36)19-22(30)10-11-24-26-13-12-25(21-7-6-18-32-20-21)31(26,2)17-15-27(24)30/h6-7,10,12,18,20,23-24,26-27,36H,3-5,8-9,11,13-17,19H2,1-2H3,(H,33,34)/t23-,24-,26-,27-,30-,31+/m0/s1. The number of ether oxygens (including phenoxy) is 1. The number of esters is 1. The second kappa shape index (κ2) is 10.7. The molecule has 1 aromatic heterocycles. The number of unbranched alkanes of at least 4 members (excludes halogenated alkanes) is 2. The molecule has 2 saturated carbocycles. The van der Waals surface area contributed by atoms with Crippen LogP contribution in [0.2, 0.25) is 0 Å². The molecule has 0 aliphatic heterocycles. The van der Waals surface area contributed by atoms with E-state index in [1.165, 1.54) is 36.0 Å². The summed E-state index contributed by atoms with van der Waals surface area (Å²) in [6, 6.07) is 4.27. The molecular weight excluding hydrogens is 464 g/mol. The number of amides is 1. The second-order valence-electron chi connectivity index (χ2n) is 12.3. The predicted octanol–water partition coefficient (Wildman–Crippen LogP) is 6.41. The van der Waals surface area contributed by atoms with E-state index in [9.17, 15) is 9.59 Å². The van der Waals surface area contributed by atoms with Gasteiger partial charge in [0.05, 0.1) is 0 Å². The van der Waals surface area contributed by atoms with Crippen molar-refractivity contribution in [3.05, 3.63) is 47.8 Å². The van der Waals surface area contributed by atoms with E-state index < -0.39 is 0 Å². The summed E-state index contributed by atoms with van der Waals surface area (Å²) in [5, 5.41) is 8.55. The lowest BCUT2D eigenvalue weighted by Crippen LogP contribution is -2.50. The third-order valence-corrected chi connectivity index (χ3v) is 10.3. The maximum Gasteiger partial charge on any atom is 0.306 e. The summed E-state index contributed by atoms with van der Waals surface area (Å²) in [5.74, 6) is 1.61. The van der Waals surface area contributed by atoms with E-state index in [0.29, 0.717) is 37.0 Å². The zero-order valence-electron chi connectivity index (χ0n) is 22.4. The molecule has 0 spiro atoms. The van der Waals surface area contributed by atoms with Crippen LogP contribution in [0.5, 0.6) is 0 Å². The zero-order valence-corrected chi connectivity index (χ0v) is 22.4. The van der Waals surface area contributed by atoms with Crippen molar-refractivity contribution in [1.29, 1.82) is 0 Å². The summed E-state index contributed by atoms with van der Waals surface area (Å²) < 4.78 is 5.91. The molecule has 6 atom stereocenters. The highest BCUT2D eigenvalue weighted by Gasteiger charge is 2.57. The summed E-state index contributed by atoms with van der Waals surface area (Å²) in [6.07, 6.45) is 19.5. The van der Waals surface area contributed by atoms with Crippen LogP contribution in [-0.2, 0) is 14.3 Å². The van der Waals surface area contributed by atoms with Crippen LogP contribution in [0.4, 0.5) is 0 Å². The molecule has 1 heterocycles. The lowest BCUT2D eigenvalue weighted by molar-refractivity contribution is -0.151. The van der Waals surface area contributed by atoms with Gasteiger partial charge in [-0.25, -0.2) is 5.48 Å². The van der Waals surface area contributed by atoms with Crippen LogP contribution >= 0.6 is 0 Å². The van der Waals surface area contributed by atoms with Crippen LogP contribution in [0.15, 0.2) is 42.3 Å². The zero-order chi connectivity index (χ0) is 26.0. The number of hydrogen-bond donors (Lipinski definition) is 2. The number of hydroxylamine groups is 1. The van der Waals surface area contributed by atoms with E-state index in [0.717, 1.165) is 32.1 Å². The first-order chi connectivity index (χ1) is 17.8. The normalized spacial score (nSPS) is 34.4. The van der Waals surface area contributed by atoms with Crippen molar-refractivity contribution in [2.75, 3.05) is 0 Å². The number of carbonyl (C=O) groups is 2. The Morgan fingerprint density at radius 2 is 1.86 bits per heavy atom. The fourth-order valence-corrected chi connectivity index (χ4v) is 8.30. The number of carbonyl (C=O) groups excluding carboxylic acids is 2. The highest BCUT2D eigenvalue weighted by atomic mass is 16.5. The van der Waals surface area contributed by atoms with Gasteiger partial charge in [0.1, 0.15) is 6.10 Å². The lowest BCUT2D eigenvalue weighted by atomic mass is 9.47. The molecule has 200 valence electrons. The Morgan fingerprint density at radius 3 is 2.65 bits per heavy atom. The van der Waals surface area contributed by atoms with Crippen LogP contribution in [0.1, 0.15) is 96.5 Å². The Kier molecular flexibility index (Phi) is 7.58. The van der Waals surface area contributed by atoms with Gasteiger partial charge in [0.15, 0.2) is 0 Å². The van der Waals surface area contributed by atoms with Gasteiger partial charge in [0, 0.05) is 31.7 Å². The molecule has 5 rings (SSSR count). The summed E-state index contributed by atoms with van der Waals surface area (Å²) >= 11 is 0. The molecule has 2 N–H and O–H groups in total. The summed E-state index contributed by atoms with van der Waals surface area (Å²) in [7, 11) is 0. The Bertz CT molecular complexity index is 1070. The molecule has 0 radical (unpaired) electrons. The fraction of sp³-hybridized carbons (Fsp3) is 0.645. The molecule has 0 aromatic carbocycles. The van der Waals surface area contributed by atoms with Gasteiger partial charge >= 0.3 is 5.97 Å². The number of allylic oxidation sites excluding steroid dienone is 3. The molecule has 4 aliphatic rings. The van der Waals surface area contributed by atoms with Crippen molar-refractivity contribution in [3.63, 3.8) is 0 Å². The Labute approximate surface area is 220 Å². The average molecular weight is 507 g/mol. The van der Waals surface area contributed by atoms with Gasteiger partial charge in [-0.3, -0.25) is 19.8 Å². The van der Waals surface area contributed by atoms with Crippen molar-refractivity contribution < 1.29 is 19.5 Å². The monoisotopic (exact) mass is 506 g/mol. The van der Waals surface area contributed by atoms with Crippen molar-refractivity contribution in [2.24, 2.45) is 28.6 Å². The number of pyridine rings is 1. The van der Waals surface area contributed by atoms with E-state index in [4.69, 9.17) is 9.94 Å². The maximum atomic E-state index is 12.5. The Morgan fingerprint density at radius 1 is 1.05 bits per heavy atom. The van der Waals surface area contributed by atoms with E-state index >= 15 is 0 Å². The molecule has 0 saturated heterocycles. The van der Waals surface area contributed by atoms with E-state index in [1.807, 2.05) is 12.4 Å². The number of nitrogens with one attached hydrogen (secondary N) is 1. The van der Waals surface area contributed by atoms with Crippen LogP contribution in [0.25, 0.3) is 5.57 Å². The average Bonchev–Trinajstić information content (AvgIpc) is 3.26. The second-order valence-corrected chi connectivity index (χ2v) is 12.3. The van der Waals surface area contributed by atoms with Crippen molar-refractivity contribution >= 4 is 17.4 Å². The smallest absolute Gasteiger partial charge is 0.306 e. The highest BCUT2D eigenvalue weighted by Crippen LogP contribution is 2.66. The first-order valence-electron chi connectivity index (χ1n) is 14.3. The summed E-state index contributed by atoms with van der Waals surface area (Å²) in [6.45, 7) is 4.99. The number of hydrogen-bond acceptors (Lipinski definition) is 5. The Hall–Kier alpha value is -2.47. The molecule has 1 aromatic rings. The van der Waals surface area contributed by atoms with Gasteiger partial charge in [-0.05, 0) is 97.2 Å². The molecule has 6 nitrogen and oxygen atoms in total. The van der Waals surface area contributed by atoms with Crippen molar-refractivity contribution in [1.82, 2.24) is 10.5 Å². The topological polar surface area (TPSA) is 88.5 Å². The molecule has 6 heteroatoms. The van der Waals surface area contributed by atoms with Gasteiger partial charge in [0.2, 0.25) is 5.91 Å². The van der Waals surface area contributed by atoms with Crippen LogP contribution < -0.4 is 5.48 Å². The summed E-state index contributed by atoms with van der Waals surface area (Å²) in [4.78, 5) is 27.9. The predicted molar refractivity (Wildman–Crippen MR) is 142 cm³/mol. The third-order valence-electron chi connectivity index (χ3n) is 10.3. The number of aromatic nitrogens is 1. The Balaban J connectivity index is 1.18. The van der Waals surface area contributed by atoms with Crippen LogP contribution in [-0.4, -0.2) is 28.2 Å². The molecule has 1 amide bonds. The van der Waals surface area contributed by atoms with Crippen LogP contribution in [0, 0.1) is 28.6 Å². The highest BCUT2D eigenvalue weighted by molar-refractivity contribution is 5.74. The largest absolute Gasteiger partial charge is 0.462 e. The van der Waals surface area contributed by atoms with Gasteiger partial charge in [-0.2, -0.15) is 0 Å². The molecule has 0 bridgehead atoms. The quantitative estimate of drug-likeness (QED) is 0.140. The van der Waals surface area contributed by atoms with Crippen molar-refractivity contribution in [3.8, 4) is 0 Å². The molecular formula is C31H42N2O4. The molecule has 2 fully saturated rings. The molecule has 37 heavy (non-hydrogen) atoms. The minimum absolute atomic E-state index is 0.0114. The van der Waals surface area contributed by atoms with Gasteiger partial charge in [-0.1, -0.05) is 44.1 Å².